The van der Waals surface area contributed by atoms with Crippen LogP contribution < -0.4 is 15.4 Å². The van der Waals surface area contributed by atoms with Gasteiger partial charge in [-0.1, -0.05) is 12.1 Å². The van der Waals surface area contributed by atoms with Crippen molar-refractivity contribution < 1.29 is 19.1 Å². The van der Waals surface area contributed by atoms with E-state index in [4.69, 9.17) is 9.47 Å². The zero-order chi connectivity index (χ0) is 16.6. The second-order valence-electron chi connectivity index (χ2n) is 5.26. The molecule has 1 rings (SSSR count). The van der Waals surface area contributed by atoms with Crippen LogP contribution in [-0.2, 0) is 14.3 Å². The molecule has 1 aromatic carbocycles. The number of hydrogen-bond donors (Lipinski definition) is 2. The average Bonchev–Trinajstić information content (AvgIpc) is 2.49. The Hall–Kier alpha value is -2.08. The Kier molecular flexibility index (Phi) is 6.85. The highest BCUT2D eigenvalue weighted by atomic mass is 16.5. The minimum Gasteiger partial charge on any atom is -0.492 e. The fraction of sp³-hybridized carbons (Fsp3) is 0.500. The number of para-hydroxylation sites is 2. The van der Waals surface area contributed by atoms with Crippen LogP contribution in [0.2, 0.25) is 0 Å². The van der Waals surface area contributed by atoms with E-state index in [2.05, 4.69) is 10.6 Å². The van der Waals surface area contributed by atoms with E-state index in [1.807, 2.05) is 13.0 Å². The lowest BCUT2D eigenvalue weighted by Gasteiger charge is -2.23. The molecular formula is C16H24N2O4. The van der Waals surface area contributed by atoms with Crippen molar-refractivity contribution in [2.24, 2.45) is 5.41 Å². The summed E-state index contributed by atoms with van der Waals surface area (Å²) in [6.45, 7) is 6.28. The fourth-order valence-electron chi connectivity index (χ4n) is 1.72. The molecule has 0 saturated heterocycles. The molecule has 22 heavy (non-hydrogen) atoms. The van der Waals surface area contributed by atoms with Crippen molar-refractivity contribution in [3.63, 3.8) is 0 Å². The lowest BCUT2D eigenvalue weighted by molar-refractivity contribution is -0.138. The number of anilines is 1. The van der Waals surface area contributed by atoms with Gasteiger partial charge in [0, 0.05) is 13.7 Å². The number of amides is 2. The number of carbonyl (C=O) groups excluding carboxylic acids is 2. The van der Waals surface area contributed by atoms with Crippen LogP contribution in [0.4, 0.5) is 5.69 Å². The molecule has 0 aliphatic rings. The zero-order valence-electron chi connectivity index (χ0n) is 13.6. The minimum atomic E-state index is -1.20. The SMILES string of the molecule is CCOc1ccccc1NC(=O)C(C)(C)C(=O)NCCOC. The van der Waals surface area contributed by atoms with Gasteiger partial charge in [-0.2, -0.15) is 0 Å². The van der Waals surface area contributed by atoms with Gasteiger partial charge < -0.3 is 20.1 Å². The molecule has 0 spiro atoms. The number of hydrogen-bond acceptors (Lipinski definition) is 4. The third kappa shape index (κ3) is 4.73. The second-order valence-corrected chi connectivity index (χ2v) is 5.26. The van der Waals surface area contributed by atoms with Crippen molar-refractivity contribution in [1.29, 1.82) is 0 Å². The van der Waals surface area contributed by atoms with Crippen LogP contribution in [0.15, 0.2) is 24.3 Å². The maximum atomic E-state index is 12.4. The van der Waals surface area contributed by atoms with E-state index in [-0.39, 0.29) is 5.91 Å². The predicted octanol–water partition coefficient (Wildman–Crippen LogP) is 1.81. The van der Waals surface area contributed by atoms with Crippen molar-refractivity contribution in [2.45, 2.75) is 20.8 Å². The molecule has 1 aromatic rings. The van der Waals surface area contributed by atoms with E-state index in [0.29, 0.717) is 31.2 Å². The zero-order valence-corrected chi connectivity index (χ0v) is 13.6. The molecule has 0 aromatic heterocycles. The van der Waals surface area contributed by atoms with Crippen LogP contribution in [0, 0.1) is 5.41 Å². The quantitative estimate of drug-likeness (QED) is 0.567. The first kappa shape index (κ1) is 18.0. The molecule has 0 aliphatic heterocycles. The van der Waals surface area contributed by atoms with Gasteiger partial charge in [0.25, 0.3) is 0 Å². The Morgan fingerprint density at radius 3 is 2.50 bits per heavy atom. The van der Waals surface area contributed by atoms with Gasteiger partial charge in [0.05, 0.1) is 18.9 Å². The van der Waals surface area contributed by atoms with Crippen LogP contribution >= 0.6 is 0 Å². The van der Waals surface area contributed by atoms with Crippen LogP contribution in [0.1, 0.15) is 20.8 Å². The Labute approximate surface area is 131 Å². The van der Waals surface area contributed by atoms with E-state index in [0.717, 1.165) is 0 Å². The highest BCUT2D eigenvalue weighted by molar-refractivity contribution is 6.10. The van der Waals surface area contributed by atoms with Gasteiger partial charge in [-0.15, -0.1) is 0 Å². The van der Waals surface area contributed by atoms with Crippen molar-refractivity contribution >= 4 is 17.5 Å². The van der Waals surface area contributed by atoms with Crippen molar-refractivity contribution in [2.75, 3.05) is 32.2 Å². The highest BCUT2D eigenvalue weighted by Gasteiger charge is 2.36. The maximum Gasteiger partial charge on any atom is 0.239 e. The van der Waals surface area contributed by atoms with Crippen LogP contribution in [0.5, 0.6) is 5.75 Å². The van der Waals surface area contributed by atoms with Gasteiger partial charge in [0.1, 0.15) is 11.2 Å². The van der Waals surface area contributed by atoms with Crippen molar-refractivity contribution in [1.82, 2.24) is 5.32 Å². The van der Waals surface area contributed by atoms with E-state index in [1.165, 1.54) is 0 Å². The van der Waals surface area contributed by atoms with Gasteiger partial charge in [0.15, 0.2) is 0 Å². The molecule has 6 nitrogen and oxygen atoms in total. The summed E-state index contributed by atoms with van der Waals surface area (Å²) in [5, 5.41) is 5.43. The largest absolute Gasteiger partial charge is 0.492 e. The number of carbonyl (C=O) groups is 2. The topological polar surface area (TPSA) is 76.7 Å². The summed E-state index contributed by atoms with van der Waals surface area (Å²) in [5.41, 5.74) is -0.653. The molecule has 0 bridgehead atoms. The minimum absolute atomic E-state index is 0.351. The lowest BCUT2D eigenvalue weighted by atomic mass is 9.91. The smallest absolute Gasteiger partial charge is 0.239 e. The molecule has 0 radical (unpaired) electrons. The van der Waals surface area contributed by atoms with Gasteiger partial charge in [-0.05, 0) is 32.9 Å². The van der Waals surface area contributed by atoms with Gasteiger partial charge >= 0.3 is 0 Å². The van der Waals surface area contributed by atoms with Crippen LogP contribution in [0.25, 0.3) is 0 Å². The standard InChI is InChI=1S/C16H24N2O4/c1-5-22-13-9-7-6-8-12(13)18-15(20)16(2,3)14(19)17-10-11-21-4/h6-9H,5,10-11H2,1-4H3,(H,17,19)(H,18,20). The lowest BCUT2D eigenvalue weighted by Crippen LogP contribution is -2.46. The van der Waals surface area contributed by atoms with Gasteiger partial charge in [-0.3, -0.25) is 9.59 Å². The first-order valence-electron chi connectivity index (χ1n) is 7.24. The molecule has 0 heterocycles. The third-order valence-electron chi connectivity index (χ3n) is 3.16. The molecule has 2 amide bonds. The molecule has 0 saturated carbocycles. The molecule has 0 atom stereocenters. The van der Waals surface area contributed by atoms with E-state index in [1.54, 1.807) is 39.2 Å². The number of rotatable bonds is 8. The van der Waals surface area contributed by atoms with Crippen LogP contribution in [-0.4, -0.2) is 38.7 Å². The summed E-state index contributed by atoms with van der Waals surface area (Å²) < 4.78 is 10.3. The molecule has 0 unspecified atom stereocenters. The Morgan fingerprint density at radius 2 is 1.86 bits per heavy atom. The maximum absolute atomic E-state index is 12.4. The number of ether oxygens (including phenoxy) is 2. The number of benzene rings is 1. The van der Waals surface area contributed by atoms with Gasteiger partial charge in [-0.25, -0.2) is 0 Å². The monoisotopic (exact) mass is 308 g/mol. The Bertz CT molecular complexity index is 515. The highest BCUT2D eigenvalue weighted by Crippen LogP contribution is 2.26. The van der Waals surface area contributed by atoms with E-state index in [9.17, 15) is 9.59 Å². The molecular weight excluding hydrogens is 284 g/mol. The Balaban J connectivity index is 2.76. The van der Waals surface area contributed by atoms with Crippen molar-refractivity contribution in [3.8, 4) is 5.75 Å². The summed E-state index contributed by atoms with van der Waals surface area (Å²) in [5.74, 6) is -0.167. The average molecular weight is 308 g/mol. The second kappa shape index (κ2) is 8.38. The fourth-order valence-corrected chi connectivity index (χ4v) is 1.72. The van der Waals surface area contributed by atoms with Crippen LogP contribution in [0.3, 0.4) is 0 Å². The number of methoxy groups -OCH3 is 1. The summed E-state index contributed by atoms with van der Waals surface area (Å²) in [4.78, 5) is 24.5. The first-order chi connectivity index (χ1) is 10.4. The summed E-state index contributed by atoms with van der Waals surface area (Å²) >= 11 is 0. The molecule has 6 heteroatoms. The molecule has 0 fully saturated rings. The predicted molar refractivity (Wildman–Crippen MR) is 84.9 cm³/mol. The summed E-state index contributed by atoms with van der Waals surface area (Å²) in [6.07, 6.45) is 0. The number of nitrogens with one attached hydrogen (secondary N) is 2. The van der Waals surface area contributed by atoms with E-state index < -0.39 is 11.3 Å². The van der Waals surface area contributed by atoms with E-state index >= 15 is 0 Å². The van der Waals surface area contributed by atoms with Gasteiger partial charge in [0.2, 0.25) is 11.8 Å². The van der Waals surface area contributed by atoms with Crippen molar-refractivity contribution in [3.05, 3.63) is 24.3 Å². The summed E-state index contributed by atoms with van der Waals surface area (Å²) in [6, 6.07) is 7.12. The first-order valence-corrected chi connectivity index (χ1v) is 7.24. The third-order valence-corrected chi connectivity index (χ3v) is 3.16. The molecule has 122 valence electrons. The normalized spacial score (nSPS) is 10.9. The molecule has 0 aliphatic carbocycles. The summed E-state index contributed by atoms with van der Waals surface area (Å²) in [7, 11) is 1.55. The molecule has 2 N–H and O–H groups in total. The Morgan fingerprint density at radius 1 is 1.18 bits per heavy atom.